The predicted molar refractivity (Wildman–Crippen MR) is 90.3 cm³/mol. The Labute approximate surface area is 139 Å². The van der Waals surface area contributed by atoms with Gasteiger partial charge in [-0.2, -0.15) is 5.10 Å². The topological polar surface area (TPSA) is 49.0 Å². The molecule has 23 heavy (non-hydrogen) atoms. The Hall–Kier alpha value is -2.33. The van der Waals surface area contributed by atoms with Gasteiger partial charge >= 0.3 is 0 Å². The number of carbonyl (C=O) groups is 1. The lowest BCUT2D eigenvalue weighted by atomic mass is 9.94. The number of likely N-dealkylation sites (tertiary alicyclic amines) is 1. The first-order valence-corrected chi connectivity index (χ1v) is 8.07. The fourth-order valence-electron chi connectivity index (χ4n) is 3.12. The summed E-state index contributed by atoms with van der Waals surface area (Å²) in [5, 5.41) is 8.98. The highest BCUT2D eigenvalue weighted by atomic mass is 35.5. The van der Waals surface area contributed by atoms with Gasteiger partial charge in [0.15, 0.2) is 0 Å². The van der Waals surface area contributed by atoms with Crippen molar-refractivity contribution in [3.05, 3.63) is 64.8 Å². The Morgan fingerprint density at radius 2 is 2.00 bits per heavy atom. The van der Waals surface area contributed by atoms with Crippen LogP contribution in [0.5, 0.6) is 0 Å². The third kappa shape index (κ3) is 2.59. The molecule has 3 aromatic rings. The summed E-state index contributed by atoms with van der Waals surface area (Å²) >= 11 is 5.94. The van der Waals surface area contributed by atoms with Gasteiger partial charge in [-0.3, -0.25) is 9.89 Å². The van der Waals surface area contributed by atoms with Crippen LogP contribution < -0.4 is 0 Å². The summed E-state index contributed by atoms with van der Waals surface area (Å²) in [6.07, 6.45) is 1.35. The molecule has 1 aliphatic heterocycles. The normalized spacial score (nSPS) is 17.3. The number of halogens is 1. The number of hydrogen-bond donors (Lipinski definition) is 1. The molecule has 116 valence electrons. The van der Waals surface area contributed by atoms with Crippen molar-refractivity contribution in [2.45, 2.75) is 18.9 Å². The Balaban J connectivity index is 1.52. The van der Waals surface area contributed by atoms with Crippen molar-refractivity contribution in [1.82, 2.24) is 15.1 Å². The average Bonchev–Trinajstić information content (AvgIpc) is 2.92. The van der Waals surface area contributed by atoms with Crippen molar-refractivity contribution in [2.24, 2.45) is 0 Å². The zero-order chi connectivity index (χ0) is 15.8. The second-order valence-electron chi connectivity index (χ2n) is 5.84. The number of para-hydroxylation sites is 1. The van der Waals surface area contributed by atoms with Crippen LogP contribution in [0.25, 0.3) is 10.9 Å². The fraction of sp³-hybridized carbons (Fsp3) is 0.222. The van der Waals surface area contributed by atoms with Crippen LogP contribution in [-0.4, -0.2) is 27.5 Å². The van der Waals surface area contributed by atoms with Crippen molar-refractivity contribution < 1.29 is 4.79 Å². The molecule has 2 aromatic carbocycles. The maximum absolute atomic E-state index is 12.6. The lowest BCUT2D eigenvalue weighted by Crippen LogP contribution is -2.45. The number of hydrogen-bond acceptors (Lipinski definition) is 2. The average molecular weight is 326 g/mol. The number of fused-ring (bicyclic) bond motifs is 1. The van der Waals surface area contributed by atoms with E-state index in [9.17, 15) is 4.79 Å². The summed E-state index contributed by atoms with van der Waals surface area (Å²) in [4.78, 5) is 14.6. The molecule has 5 heteroatoms. The van der Waals surface area contributed by atoms with Crippen LogP contribution in [0.4, 0.5) is 0 Å². The third-order valence-corrected chi connectivity index (χ3v) is 4.72. The van der Waals surface area contributed by atoms with Gasteiger partial charge in [-0.15, -0.1) is 0 Å². The largest absolute Gasteiger partial charge is 0.335 e. The molecule has 4 rings (SSSR count). The number of aromatic amines is 1. The third-order valence-electron chi connectivity index (χ3n) is 4.46. The molecule has 4 nitrogen and oxygen atoms in total. The molecule has 0 radical (unpaired) electrons. The highest BCUT2D eigenvalue weighted by molar-refractivity contribution is 6.30. The Bertz CT molecular complexity index is 856. The molecule has 1 N–H and O–H groups in total. The molecule has 1 fully saturated rings. The first-order chi connectivity index (χ1) is 11.2. The smallest absolute Gasteiger partial charge is 0.229 e. The van der Waals surface area contributed by atoms with Gasteiger partial charge in [0.1, 0.15) is 0 Å². The van der Waals surface area contributed by atoms with Gasteiger partial charge in [0.05, 0.1) is 23.7 Å². The van der Waals surface area contributed by atoms with Crippen molar-refractivity contribution in [1.29, 1.82) is 0 Å². The molecule has 1 amide bonds. The predicted octanol–water partition coefficient (Wildman–Crippen LogP) is 3.73. The van der Waals surface area contributed by atoms with E-state index in [-0.39, 0.29) is 11.9 Å². The number of rotatable bonds is 3. The number of nitrogens with zero attached hydrogens (tertiary/aromatic N) is 2. The van der Waals surface area contributed by atoms with Gasteiger partial charge in [-0.25, -0.2) is 0 Å². The number of aromatic nitrogens is 2. The van der Waals surface area contributed by atoms with Crippen molar-refractivity contribution >= 4 is 28.4 Å². The Kier molecular flexibility index (Phi) is 3.54. The second-order valence-corrected chi connectivity index (χ2v) is 6.28. The van der Waals surface area contributed by atoms with E-state index in [1.165, 1.54) is 0 Å². The molecule has 2 heterocycles. The van der Waals surface area contributed by atoms with E-state index < -0.39 is 0 Å². The van der Waals surface area contributed by atoms with Crippen LogP contribution in [0.1, 0.15) is 23.7 Å². The van der Waals surface area contributed by atoms with E-state index in [0.29, 0.717) is 6.42 Å². The van der Waals surface area contributed by atoms with Gasteiger partial charge in [0.2, 0.25) is 5.91 Å². The first kappa shape index (κ1) is 14.3. The van der Waals surface area contributed by atoms with Gasteiger partial charge in [0, 0.05) is 17.0 Å². The van der Waals surface area contributed by atoms with Gasteiger partial charge < -0.3 is 4.90 Å². The first-order valence-electron chi connectivity index (χ1n) is 7.69. The lowest BCUT2D eigenvalue weighted by Gasteiger charge is -2.41. The minimum absolute atomic E-state index is 0.130. The minimum Gasteiger partial charge on any atom is -0.335 e. The fourth-order valence-corrected chi connectivity index (χ4v) is 3.25. The molecule has 1 aromatic heterocycles. The molecule has 0 saturated carbocycles. The number of nitrogens with one attached hydrogen (secondary N) is 1. The van der Waals surface area contributed by atoms with E-state index in [0.717, 1.165) is 40.1 Å². The minimum atomic E-state index is 0.130. The SMILES string of the molecule is O=C(Cc1[nH]nc2ccccc12)N1CC[C@H]1c1ccc(Cl)cc1. The standard InChI is InChI=1S/C18H16ClN3O/c19-13-7-5-12(6-8-13)17-9-10-22(17)18(23)11-16-14-3-1-2-4-15(14)20-21-16/h1-8,17H,9-11H2,(H,20,21)/t17-/m0/s1. The summed E-state index contributed by atoms with van der Waals surface area (Å²) in [5.74, 6) is 0.130. The molecular formula is C18H16ClN3O. The molecule has 0 unspecified atom stereocenters. The molecule has 0 aliphatic carbocycles. The van der Waals surface area contributed by atoms with Gasteiger partial charge in [0.25, 0.3) is 0 Å². The molecule has 1 atom stereocenters. The van der Waals surface area contributed by atoms with E-state index in [1.54, 1.807) is 0 Å². The maximum Gasteiger partial charge on any atom is 0.229 e. The Morgan fingerprint density at radius 3 is 2.74 bits per heavy atom. The van der Waals surface area contributed by atoms with Crippen molar-refractivity contribution in [3.63, 3.8) is 0 Å². The molecule has 0 bridgehead atoms. The monoisotopic (exact) mass is 325 g/mol. The summed E-state index contributed by atoms with van der Waals surface area (Å²) < 4.78 is 0. The second kappa shape index (κ2) is 5.70. The summed E-state index contributed by atoms with van der Waals surface area (Å²) in [6, 6.07) is 15.8. The molecule has 0 spiro atoms. The molecule has 1 aliphatic rings. The van der Waals surface area contributed by atoms with Crippen molar-refractivity contribution in [2.75, 3.05) is 6.54 Å². The van der Waals surface area contributed by atoms with Gasteiger partial charge in [-0.1, -0.05) is 41.9 Å². The van der Waals surface area contributed by atoms with Crippen LogP contribution in [0.3, 0.4) is 0 Å². The highest BCUT2D eigenvalue weighted by Gasteiger charge is 2.33. The number of benzene rings is 2. The van der Waals surface area contributed by atoms with E-state index >= 15 is 0 Å². The number of carbonyl (C=O) groups excluding carboxylic acids is 1. The number of amides is 1. The number of H-pyrrole nitrogens is 1. The quantitative estimate of drug-likeness (QED) is 0.797. The van der Waals surface area contributed by atoms with E-state index in [4.69, 9.17) is 11.6 Å². The maximum atomic E-state index is 12.6. The Morgan fingerprint density at radius 1 is 1.22 bits per heavy atom. The van der Waals surface area contributed by atoms with E-state index in [2.05, 4.69) is 10.2 Å². The zero-order valence-electron chi connectivity index (χ0n) is 12.5. The van der Waals surface area contributed by atoms with Crippen LogP contribution in [0.15, 0.2) is 48.5 Å². The van der Waals surface area contributed by atoms with Crippen LogP contribution in [0.2, 0.25) is 5.02 Å². The van der Waals surface area contributed by atoms with Gasteiger partial charge in [-0.05, 0) is 30.2 Å². The molecule has 1 saturated heterocycles. The van der Waals surface area contributed by atoms with Crippen LogP contribution in [0, 0.1) is 0 Å². The summed E-state index contributed by atoms with van der Waals surface area (Å²) in [6.45, 7) is 0.804. The van der Waals surface area contributed by atoms with Crippen LogP contribution >= 0.6 is 11.6 Å². The molecular weight excluding hydrogens is 310 g/mol. The summed E-state index contributed by atoms with van der Waals surface area (Å²) in [7, 11) is 0. The van der Waals surface area contributed by atoms with Crippen molar-refractivity contribution in [3.8, 4) is 0 Å². The van der Waals surface area contributed by atoms with E-state index in [1.807, 2.05) is 53.4 Å². The zero-order valence-corrected chi connectivity index (χ0v) is 13.3. The van der Waals surface area contributed by atoms with Crippen LogP contribution in [-0.2, 0) is 11.2 Å². The summed E-state index contributed by atoms with van der Waals surface area (Å²) in [5.41, 5.74) is 2.92. The lowest BCUT2D eigenvalue weighted by molar-refractivity contribution is -0.138. The highest BCUT2D eigenvalue weighted by Crippen LogP contribution is 2.34.